The summed E-state index contributed by atoms with van der Waals surface area (Å²) in [5.74, 6) is -2.87. The number of nitrogens with zero attached hydrogens (tertiary/aromatic N) is 1. The van der Waals surface area contributed by atoms with Gasteiger partial charge in [0.15, 0.2) is 0 Å². The van der Waals surface area contributed by atoms with Gasteiger partial charge in [0.1, 0.15) is 17.0 Å². The molecule has 0 unspecified atom stereocenters. The van der Waals surface area contributed by atoms with Gasteiger partial charge in [-0.05, 0) is 43.7 Å². The number of rotatable bonds is 5. The quantitative estimate of drug-likeness (QED) is 0.827. The molecule has 0 aliphatic heterocycles. The highest BCUT2D eigenvalue weighted by Gasteiger charge is 2.36. The summed E-state index contributed by atoms with van der Waals surface area (Å²) < 4.78 is 26.5. The number of carbonyl (C=O) groups is 2. The highest BCUT2D eigenvalue weighted by molar-refractivity contribution is 6.09. The Kier molecular flexibility index (Phi) is 5.23. The molecular formula is C17H17F2N3O2. The fourth-order valence-electron chi connectivity index (χ4n) is 1.88. The van der Waals surface area contributed by atoms with Crippen LogP contribution in [-0.4, -0.2) is 16.8 Å². The summed E-state index contributed by atoms with van der Waals surface area (Å²) in [5.41, 5.74) is -0.788. The van der Waals surface area contributed by atoms with Crippen LogP contribution in [0.3, 0.4) is 0 Å². The maximum atomic E-state index is 13.6. The van der Waals surface area contributed by atoms with E-state index >= 15 is 0 Å². The van der Waals surface area contributed by atoms with Gasteiger partial charge >= 0.3 is 0 Å². The van der Waals surface area contributed by atoms with Crippen molar-refractivity contribution in [2.24, 2.45) is 5.41 Å². The van der Waals surface area contributed by atoms with E-state index in [1.54, 1.807) is 24.5 Å². The Bertz CT molecular complexity index is 749. The number of pyridine rings is 1. The topological polar surface area (TPSA) is 71.1 Å². The second kappa shape index (κ2) is 7.16. The Morgan fingerprint density at radius 1 is 1.08 bits per heavy atom. The predicted octanol–water partition coefficient (Wildman–Crippen LogP) is 2.64. The Balaban J connectivity index is 2.02. The summed E-state index contributed by atoms with van der Waals surface area (Å²) in [4.78, 5) is 28.4. The molecule has 2 rings (SSSR count). The fraction of sp³-hybridized carbons (Fsp3) is 0.235. The fourth-order valence-corrected chi connectivity index (χ4v) is 1.88. The molecule has 0 radical (unpaired) electrons. The molecule has 126 valence electrons. The van der Waals surface area contributed by atoms with Crippen LogP contribution in [0.1, 0.15) is 19.4 Å². The van der Waals surface area contributed by atoms with E-state index in [9.17, 15) is 18.4 Å². The van der Waals surface area contributed by atoms with Crippen molar-refractivity contribution in [3.63, 3.8) is 0 Å². The molecule has 0 atom stereocenters. The Labute approximate surface area is 138 Å². The molecule has 0 saturated carbocycles. The number of hydrogen-bond acceptors (Lipinski definition) is 3. The Hall–Kier alpha value is -2.83. The molecule has 2 N–H and O–H groups in total. The largest absolute Gasteiger partial charge is 0.351 e. The van der Waals surface area contributed by atoms with E-state index in [4.69, 9.17) is 0 Å². The lowest BCUT2D eigenvalue weighted by Gasteiger charge is -2.23. The summed E-state index contributed by atoms with van der Waals surface area (Å²) in [6.07, 6.45) is 3.19. The molecule has 0 bridgehead atoms. The molecule has 2 aromatic rings. The first kappa shape index (κ1) is 17.5. The monoisotopic (exact) mass is 333 g/mol. The van der Waals surface area contributed by atoms with Crippen LogP contribution in [-0.2, 0) is 16.1 Å². The van der Waals surface area contributed by atoms with E-state index in [1.165, 1.54) is 13.8 Å². The van der Waals surface area contributed by atoms with Crippen molar-refractivity contribution in [3.05, 3.63) is 59.9 Å². The van der Waals surface area contributed by atoms with Gasteiger partial charge < -0.3 is 10.6 Å². The van der Waals surface area contributed by atoms with E-state index in [0.29, 0.717) is 6.07 Å². The van der Waals surface area contributed by atoms with Crippen LogP contribution in [0, 0.1) is 17.0 Å². The second-order valence-electron chi connectivity index (χ2n) is 5.74. The van der Waals surface area contributed by atoms with Gasteiger partial charge in [-0.1, -0.05) is 0 Å². The highest BCUT2D eigenvalue weighted by Crippen LogP contribution is 2.21. The molecule has 2 amide bonds. The summed E-state index contributed by atoms with van der Waals surface area (Å²) in [5, 5.41) is 4.95. The maximum absolute atomic E-state index is 13.6. The van der Waals surface area contributed by atoms with Crippen LogP contribution in [0.4, 0.5) is 14.5 Å². The summed E-state index contributed by atoms with van der Waals surface area (Å²) in [7, 11) is 0. The molecule has 0 saturated heterocycles. The molecular weight excluding hydrogens is 316 g/mol. The van der Waals surface area contributed by atoms with E-state index in [0.717, 1.165) is 17.7 Å². The Morgan fingerprint density at radius 2 is 1.75 bits per heavy atom. The van der Waals surface area contributed by atoms with Gasteiger partial charge in [-0.15, -0.1) is 0 Å². The maximum Gasteiger partial charge on any atom is 0.239 e. The standard InChI is InChI=1S/C17H17F2N3O2/c1-17(2,15(23)21-10-11-5-7-20-8-6-11)16(24)22-14-4-3-12(18)9-13(14)19/h3-9H,10H2,1-2H3,(H,21,23)(H,22,24). The average Bonchev–Trinajstić information content (AvgIpc) is 2.55. The van der Waals surface area contributed by atoms with Crippen molar-refractivity contribution >= 4 is 17.5 Å². The van der Waals surface area contributed by atoms with E-state index in [1.807, 2.05) is 0 Å². The van der Waals surface area contributed by atoms with Crippen molar-refractivity contribution in [3.8, 4) is 0 Å². The number of aromatic nitrogens is 1. The van der Waals surface area contributed by atoms with Crippen LogP contribution in [0.25, 0.3) is 0 Å². The van der Waals surface area contributed by atoms with E-state index in [2.05, 4.69) is 15.6 Å². The number of hydrogen-bond donors (Lipinski definition) is 2. The summed E-state index contributed by atoms with van der Waals surface area (Å²) in [6.45, 7) is 3.08. The minimum absolute atomic E-state index is 0.184. The number of nitrogens with one attached hydrogen (secondary N) is 2. The third-order valence-electron chi connectivity index (χ3n) is 3.52. The number of anilines is 1. The van der Waals surface area contributed by atoms with Crippen molar-refractivity contribution in [2.75, 3.05) is 5.32 Å². The zero-order chi connectivity index (χ0) is 17.7. The smallest absolute Gasteiger partial charge is 0.239 e. The second-order valence-corrected chi connectivity index (χ2v) is 5.74. The normalized spacial score (nSPS) is 11.0. The highest BCUT2D eigenvalue weighted by atomic mass is 19.1. The van der Waals surface area contributed by atoms with Crippen molar-refractivity contribution < 1.29 is 18.4 Å². The molecule has 0 aliphatic carbocycles. The Morgan fingerprint density at radius 3 is 2.38 bits per heavy atom. The van der Waals surface area contributed by atoms with Gasteiger partial charge in [-0.2, -0.15) is 0 Å². The lowest BCUT2D eigenvalue weighted by atomic mass is 9.90. The first-order valence-electron chi connectivity index (χ1n) is 7.24. The predicted molar refractivity (Wildman–Crippen MR) is 84.9 cm³/mol. The third-order valence-corrected chi connectivity index (χ3v) is 3.52. The molecule has 1 aromatic heterocycles. The number of amides is 2. The molecule has 24 heavy (non-hydrogen) atoms. The lowest BCUT2D eigenvalue weighted by Crippen LogP contribution is -2.45. The van der Waals surface area contributed by atoms with Crippen LogP contribution >= 0.6 is 0 Å². The summed E-state index contributed by atoms with van der Waals surface area (Å²) in [6, 6.07) is 6.26. The molecule has 0 aliphatic rings. The lowest BCUT2D eigenvalue weighted by molar-refractivity contribution is -0.138. The minimum atomic E-state index is -1.44. The van der Waals surface area contributed by atoms with Gasteiger partial charge in [0, 0.05) is 25.0 Å². The molecule has 5 nitrogen and oxygen atoms in total. The van der Waals surface area contributed by atoms with Crippen molar-refractivity contribution in [1.29, 1.82) is 0 Å². The van der Waals surface area contributed by atoms with Gasteiger partial charge in [0.05, 0.1) is 5.69 Å². The van der Waals surface area contributed by atoms with Gasteiger partial charge in [-0.3, -0.25) is 14.6 Å². The number of benzene rings is 1. The van der Waals surface area contributed by atoms with Gasteiger partial charge in [-0.25, -0.2) is 8.78 Å². The minimum Gasteiger partial charge on any atom is -0.351 e. The van der Waals surface area contributed by atoms with Gasteiger partial charge in [0.2, 0.25) is 11.8 Å². The number of carbonyl (C=O) groups excluding carboxylic acids is 2. The third kappa shape index (κ3) is 4.13. The van der Waals surface area contributed by atoms with Crippen molar-refractivity contribution in [1.82, 2.24) is 10.3 Å². The molecule has 1 aromatic carbocycles. The van der Waals surface area contributed by atoms with Crippen molar-refractivity contribution in [2.45, 2.75) is 20.4 Å². The first-order valence-corrected chi connectivity index (χ1v) is 7.24. The zero-order valence-electron chi connectivity index (χ0n) is 13.3. The number of halogens is 2. The van der Waals surface area contributed by atoms with E-state index in [-0.39, 0.29) is 12.2 Å². The van der Waals surface area contributed by atoms with E-state index < -0.39 is 28.9 Å². The molecule has 0 fully saturated rings. The first-order chi connectivity index (χ1) is 11.3. The van der Waals surface area contributed by atoms with Crippen LogP contribution in [0.2, 0.25) is 0 Å². The van der Waals surface area contributed by atoms with Gasteiger partial charge in [0.25, 0.3) is 0 Å². The SMILES string of the molecule is CC(C)(C(=O)NCc1ccncc1)C(=O)Nc1ccc(F)cc1F. The molecule has 0 spiro atoms. The van der Waals surface area contributed by atoms with Crippen LogP contribution in [0.5, 0.6) is 0 Å². The zero-order valence-corrected chi connectivity index (χ0v) is 13.3. The molecule has 1 heterocycles. The summed E-state index contributed by atoms with van der Waals surface area (Å²) >= 11 is 0. The van der Waals surface area contributed by atoms with Crippen LogP contribution < -0.4 is 10.6 Å². The average molecular weight is 333 g/mol. The van der Waals surface area contributed by atoms with Crippen LogP contribution in [0.15, 0.2) is 42.7 Å². The molecule has 7 heteroatoms.